The summed E-state index contributed by atoms with van der Waals surface area (Å²) in [5, 5.41) is 1.44. The van der Waals surface area contributed by atoms with Crippen molar-refractivity contribution in [3.63, 3.8) is 0 Å². The highest BCUT2D eigenvalue weighted by Crippen LogP contribution is 2.35. The molecule has 0 amide bonds. The van der Waals surface area contributed by atoms with Gasteiger partial charge in [0.15, 0.2) is 0 Å². The molecule has 2 heteroatoms. The third-order valence-electron chi connectivity index (χ3n) is 3.83. The molecule has 3 rings (SSSR count). The molecule has 1 aliphatic carbocycles. The van der Waals surface area contributed by atoms with Crippen molar-refractivity contribution in [3.05, 3.63) is 35.0 Å². The molecule has 0 saturated heterocycles. The summed E-state index contributed by atoms with van der Waals surface area (Å²) < 4.78 is 0. The van der Waals surface area contributed by atoms with Crippen molar-refractivity contribution >= 4 is 10.9 Å². The van der Waals surface area contributed by atoms with Crippen molar-refractivity contribution in [2.75, 3.05) is 6.54 Å². The molecule has 0 spiro atoms. The van der Waals surface area contributed by atoms with Crippen LogP contribution in [0.15, 0.2) is 18.2 Å². The van der Waals surface area contributed by atoms with E-state index in [4.69, 9.17) is 0 Å². The first kappa shape index (κ1) is 9.91. The Morgan fingerprint density at radius 3 is 3.12 bits per heavy atom. The van der Waals surface area contributed by atoms with Gasteiger partial charge >= 0.3 is 0 Å². The number of aryl methyl sites for hydroxylation is 2. The maximum absolute atomic E-state index is 4.08. The van der Waals surface area contributed by atoms with E-state index in [1.165, 1.54) is 41.4 Å². The first-order chi connectivity index (χ1) is 7.79. The van der Waals surface area contributed by atoms with E-state index in [-0.39, 0.29) is 0 Å². The van der Waals surface area contributed by atoms with E-state index in [1.54, 1.807) is 5.56 Å². The van der Waals surface area contributed by atoms with Gasteiger partial charge in [-0.15, -0.1) is 0 Å². The van der Waals surface area contributed by atoms with Crippen LogP contribution in [0.1, 0.15) is 35.6 Å². The zero-order chi connectivity index (χ0) is 11.1. The molecule has 1 heterocycles. The molecule has 2 nitrogen and oxygen atoms in total. The molecule has 84 valence electrons. The Bertz CT molecular complexity index is 525. The smallest absolute Gasteiger partial charge is 0.0824 e. The van der Waals surface area contributed by atoms with E-state index < -0.39 is 0 Å². The summed E-state index contributed by atoms with van der Waals surface area (Å²) in [5.74, 6) is 0.649. The fourth-order valence-electron chi connectivity index (χ4n) is 2.96. The van der Waals surface area contributed by atoms with Gasteiger partial charge in [-0.2, -0.15) is 0 Å². The summed E-state index contributed by atoms with van der Waals surface area (Å²) in [7, 11) is 0. The fourth-order valence-corrected chi connectivity index (χ4v) is 2.96. The largest absolute Gasteiger partial charge is 0.358 e. The number of hydrogen-bond donors (Lipinski definition) is 2. The molecule has 1 atom stereocenters. The molecule has 0 fully saturated rings. The molecule has 2 aromatic rings. The predicted molar refractivity (Wildman–Crippen MR) is 66.5 cm³/mol. The minimum Gasteiger partial charge on any atom is -0.358 e. The Hall–Kier alpha value is -1.28. The molecule has 0 bridgehead atoms. The van der Waals surface area contributed by atoms with Crippen LogP contribution in [-0.2, 0) is 6.42 Å². The lowest BCUT2D eigenvalue weighted by Gasteiger charge is -2.19. The van der Waals surface area contributed by atoms with Crippen molar-refractivity contribution < 1.29 is 5.73 Å². The highest BCUT2D eigenvalue weighted by molar-refractivity contribution is 5.85. The zero-order valence-corrected chi connectivity index (χ0v) is 9.84. The second-order valence-corrected chi connectivity index (χ2v) is 4.94. The number of aromatic amines is 1. The summed E-state index contributed by atoms with van der Waals surface area (Å²) in [6.45, 7) is 3.18. The molecule has 1 aromatic heterocycles. The van der Waals surface area contributed by atoms with Crippen molar-refractivity contribution in [3.8, 4) is 0 Å². The van der Waals surface area contributed by atoms with E-state index in [9.17, 15) is 0 Å². The van der Waals surface area contributed by atoms with Gasteiger partial charge in [0.05, 0.1) is 6.54 Å². The molecular formula is C14H19N2+. The number of nitrogens with one attached hydrogen (secondary N) is 1. The van der Waals surface area contributed by atoms with Gasteiger partial charge in [-0.3, -0.25) is 0 Å². The van der Waals surface area contributed by atoms with Gasteiger partial charge in [-0.1, -0.05) is 11.6 Å². The van der Waals surface area contributed by atoms with Crippen LogP contribution in [0, 0.1) is 6.92 Å². The Morgan fingerprint density at radius 2 is 2.31 bits per heavy atom. The predicted octanol–water partition coefficient (Wildman–Crippen LogP) is 2.14. The SMILES string of the molecule is Cc1ccc2[nH]c3c(c2c1)CCC[C@@H]3C[NH3+]. The summed E-state index contributed by atoms with van der Waals surface area (Å²) in [6.07, 6.45) is 3.84. The summed E-state index contributed by atoms with van der Waals surface area (Å²) in [6, 6.07) is 6.71. The minimum atomic E-state index is 0.649. The zero-order valence-electron chi connectivity index (χ0n) is 9.84. The van der Waals surface area contributed by atoms with E-state index in [1.807, 2.05) is 0 Å². The van der Waals surface area contributed by atoms with E-state index in [2.05, 4.69) is 35.8 Å². The van der Waals surface area contributed by atoms with Crippen LogP contribution in [-0.4, -0.2) is 11.5 Å². The maximum atomic E-state index is 4.08. The second-order valence-electron chi connectivity index (χ2n) is 4.94. The van der Waals surface area contributed by atoms with E-state index >= 15 is 0 Å². The Balaban J connectivity index is 2.24. The average Bonchev–Trinajstić information content (AvgIpc) is 2.67. The van der Waals surface area contributed by atoms with Crippen LogP contribution in [0.2, 0.25) is 0 Å². The molecule has 16 heavy (non-hydrogen) atoms. The molecule has 0 radical (unpaired) electrons. The van der Waals surface area contributed by atoms with E-state index in [0.717, 1.165) is 6.54 Å². The van der Waals surface area contributed by atoms with Crippen LogP contribution in [0.4, 0.5) is 0 Å². The van der Waals surface area contributed by atoms with Crippen LogP contribution in [0.5, 0.6) is 0 Å². The molecule has 0 unspecified atom stereocenters. The monoisotopic (exact) mass is 215 g/mol. The standard InChI is InChI=1S/C14H18N2/c1-9-5-6-13-12(7-9)11-4-2-3-10(8-15)14(11)16-13/h5-7,10,16H,2-4,8,15H2,1H3/p+1/t10-/m1/s1. The third kappa shape index (κ3) is 1.37. The quantitative estimate of drug-likeness (QED) is 0.732. The molecule has 1 aromatic carbocycles. The van der Waals surface area contributed by atoms with Gasteiger partial charge in [-0.05, 0) is 43.9 Å². The Kier molecular flexibility index (Phi) is 2.25. The number of fused-ring (bicyclic) bond motifs is 3. The minimum absolute atomic E-state index is 0.649. The first-order valence-electron chi connectivity index (χ1n) is 6.20. The normalized spacial score (nSPS) is 20.0. The fraction of sp³-hybridized carbons (Fsp3) is 0.429. The number of rotatable bonds is 1. The molecule has 0 aliphatic heterocycles. The first-order valence-corrected chi connectivity index (χ1v) is 6.20. The van der Waals surface area contributed by atoms with Crippen LogP contribution >= 0.6 is 0 Å². The van der Waals surface area contributed by atoms with Crippen LogP contribution in [0.25, 0.3) is 10.9 Å². The van der Waals surface area contributed by atoms with Crippen LogP contribution < -0.4 is 5.73 Å². The van der Waals surface area contributed by atoms with Gasteiger partial charge in [0.2, 0.25) is 0 Å². The number of benzene rings is 1. The topological polar surface area (TPSA) is 43.4 Å². The molecule has 0 saturated carbocycles. The van der Waals surface area contributed by atoms with Gasteiger partial charge in [0, 0.05) is 22.5 Å². The van der Waals surface area contributed by atoms with Crippen molar-refractivity contribution in [2.24, 2.45) is 0 Å². The Labute approximate surface area is 95.8 Å². The highest BCUT2D eigenvalue weighted by atomic mass is 14.8. The lowest BCUT2D eigenvalue weighted by Crippen LogP contribution is -2.53. The van der Waals surface area contributed by atoms with E-state index in [0.29, 0.717) is 5.92 Å². The Morgan fingerprint density at radius 1 is 1.44 bits per heavy atom. The lowest BCUT2D eigenvalue weighted by molar-refractivity contribution is -0.373. The van der Waals surface area contributed by atoms with Gasteiger partial charge in [0.1, 0.15) is 0 Å². The van der Waals surface area contributed by atoms with Gasteiger partial charge in [-0.25, -0.2) is 0 Å². The molecular weight excluding hydrogens is 196 g/mol. The van der Waals surface area contributed by atoms with Gasteiger partial charge < -0.3 is 10.7 Å². The number of aromatic nitrogens is 1. The lowest BCUT2D eigenvalue weighted by atomic mass is 9.87. The highest BCUT2D eigenvalue weighted by Gasteiger charge is 2.24. The van der Waals surface area contributed by atoms with Gasteiger partial charge in [0.25, 0.3) is 0 Å². The van der Waals surface area contributed by atoms with Crippen molar-refractivity contribution in [1.29, 1.82) is 0 Å². The number of hydrogen-bond acceptors (Lipinski definition) is 0. The average molecular weight is 215 g/mol. The molecule has 1 aliphatic rings. The number of quaternary nitrogens is 1. The summed E-state index contributed by atoms with van der Waals surface area (Å²) >= 11 is 0. The second kappa shape index (κ2) is 3.63. The van der Waals surface area contributed by atoms with Crippen molar-refractivity contribution in [1.82, 2.24) is 4.98 Å². The molecule has 4 N–H and O–H groups in total. The number of H-pyrrole nitrogens is 1. The van der Waals surface area contributed by atoms with Crippen molar-refractivity contribution in [2.45, 2.75) is 32.1 Å². The third-order valence-corrected chi connectivity index (χ3v) is 3.83. The maximum Gasteiger partial charge on any atom is 0.0824 e. The summed E-state index contributed by atoms with van der Waals surface area (Å²) in [4.78, 5) is 3.60. The summed E-state index contributed by atoms with van der Waals surface area (Å²) in [5.41, 5.74) is 9.74. The van der Waals surface area contributed by atoms with Crippen LogP contribution in [0.3, 0.4) is 0 Å².